The maximum atomic E-state index is 14.0. The molecule has 3 amide bonds. The summed E-state index contributed by atoms with van der Waals surface area (Å²) in [6.45, 7) is 2.50. The summed E-state index contributed by atoms with van der Waals surface area (Å²) in [7, 11) is 2.90. The van der Waals surface area contributed by atoms with Crippen molar-refractivity contribution >= 4 is 52.4 Å². The Kier molecular flexibility index (Phi) is 8.83. The van der Waals surface area contributed by atoms with Gasteiger partial charge in [-0.15, -0.1) is 11.3 Å². The second-order valence-electron chi connectivity index (χ2n) is 10.9. The highest BCUT2D eigenvalue weighted by Gasteiger charge is 2.42. The normalized spacial score (nSPS) is 20.1. The Morgan fingerprint density at radius 2 is 1.98 bits per heavy atom. The highest BCUT2D eigenvalue weighted by Crippen LogP contribution is 2.37. The predicted molar refractivity (Wildman–Crippen MR) is 169 cm³/mol. The Morgan fingerprint density at radius 1 is 1.18 bits per heavy atom. The summed E-state index contributed by atoms with van der Waals surface area (Å²) in [5, 5.41) is 8.54. The Balaban J connectivity index is 1.25. The average molecular weight is 652 g/mol. The van der Waals surface area contributed by atoms with Crippen LogP contribution in [0.4, 0.5) is 14.9 Å². The van der Waals surface area contributed by atoms with Crippen LogP contribution in [-0.4, -0.2) is 91.5 Å². The highest BCUT2D eigenvalue weighted by molar-refractivity contribution is 7.11. The zero-order valence-electron chi connectivity index (χ0n) is 24.6. The van der Waals surface area contributed by atoms with Crippen molar-refractivity contribution in [3.05, 3.63) is 92.3 Å². The minimum atomic E-state index is -0.850. The molecule has 0 aliphatic carbocycles. The first-order chi connectivity index (χ1) is 21.7. The molecule has 4 heterocycles. The largest absolute Gasteiger partial charge is 0.466 e. The fraction of sp³-hybridized carbons (Fsp3) is 0.323. The molecule has 2 fully saturated rings. The number of nitrogens with one attached hydrogen (secondary N) is 2. The molecule has 1 unspecified atom stereocenters. The van der Waals surface area contributed by atoms with E-state index in [1.165, 1.54) is 36.6 Å². The van der Waals surface area contributed by atoms with Gasteiger partial charge in [0.05, 0.1) is 25.1 Å². The van der Waals surface area contributed by atoms with Gasteiger partial charge in [0, 0.05) is 73.3 Å². The second-order valence-corrected chi connectivity index (χ2v) is 12.2. The number of piperazine rings is 1. The number of fused-ring (bicyclic) bond motifs is 1. The van der Waals surface area contributed by atoms with E-state index in [0.29, 0.717) is 54.8 Å². The van der Waals surface area contributed by atoms with Crippen molar-refractivity contribution in [3.8, 4) is 0 Å². The van der Waals surface area contributed by atoms with Crippen molar-refractivity contribution in [1.82, 2.24) is 25.4 Å². The number of rotatable bonds is 8. The fourth-order valence-electron chi connectivity index (χ4n) is 5.89. The molecule has 2 saturated heterocycles. The predicted octanol–water partition coefficient (Wildman–Crippen LogP) is 3.37. The van der Waals surface area contributed by atoms with Gasteiger partial charge < -0.3 is 20.3 Å². The Labute approximate surface area is 268 Å². The fourth-order valence-corrected chi connectivity index (χ4v) is 6.75. The zero-order chi connectivity index (χ0) is 31.7. The van der Waals surface area contributed by atoms with Crippen LogP contribution in [0.15, 0.2) is 70.3 Å². The van der Waals surface area contributed by atoms with Crippen molar-refractivity contribution in [2.75, 3.05) is 51.8 Å². The molecule has 11 nitrogen and oxygen atoms in total. The number of carbonyl (C=O) groups is 3. The standard InChI is InChI=1S/C31H31ClFN7O4S/c1-34-25(41)13-18-3-6-20(7-4-18)40-16-21-15-38(10-11-39(21)31(40)43)17-24-26(30(42)44-2)27(22-8-5-19(33)14-23(22)32)37-28(36-24)29-35-9-12-45-29/h3-9,12,14,21,27H,10-11,13,15-17H2,1-2H3,(H,34,41)(H,36,37)/t21-,27?/m0/s1. The number of ether oxygens (including phenoxy) is 1. The number of urea groups is 1. The number of aromatic nitrogens is 1. The van der Waals surface area contributed by atoms with Gasteiger partial charge in [0.1, 0.15) is 11.9 Å². The molecular weight excluding hydrogens is 621 g/mol. The van der Waals surface area contributed by atoms with Crippen LogP contribution in [0.3, 0.4) is 0 Å². The minimum Gasteiger partial charge on any atom is -0.466 e. The van der Waals surface area contributed by atoms with E-state index >= 15 is 0 Å². The number of aliphatic imine (C=N–C) groups is 1. The summed E-state index contributed by atoms with van der Waals surface area (Å²) in [4.78, 5) is 53.4. The van der Waals surface area contributed by atoms with E-state index < -0.39 is 17.8 Å². The Hall–Kier alpha value is -4.33. The molecule has 1 aromatic heterocycles. The molecule has 2 N–H and O–H groups in total. The Bertz CT molecular complexity index is 1680. The number of anilines is 1. The maximum Gasteiger partial charge on any atom is 0.338 e. The number of amides is 3. The van der Waals surface area contributed by atoms with E-state index in [9.17, 15) is 18.8 Å². The monoisotopic (exact) mass is 651 g/mol. The van der Waals surface area contributed by atoms with Crippen LogP contribution in [0.1, 0.15) is 22.2 Å². The lowest BCUT2D eigenvalue weighted by Crippen LogP contribution is -2.53. The van der Waals surface area contributed by atoms with Gasteiger partial charge in [0.15, 0.2) is 10.8 Å². The number of thiazole rings is 1. The van der Waals surface area contributed by atoms with E-state index in [0.717, 1.165) is 11.3 Å². The smallest absolute Gasteiger partial charge is 0.338 e. The van der Waals surface area contributed by atoms with Crippen LogP contribution < -0.4 is 15.5 Å². The van der Waals surface area contributed by atoms with Gasteiger partial charge in [0.2, 0.25) is 5.91 Å². The quantitative estimate of drug-likeness (QED) is 0.359. The second kappa shape index (κ2) is 13.0. The molecule has 234 valence electrons. The first-order valence-corrected chi connectivity index (χ1v) is 15.6. The van der Waals surface area contributed by atoms with Gasteiger partial charge in [-0.1, -0.05) is 29.8 Å². The Morgan fingerprint density at radius 3 is 2.67 bits per heavy atom. The first-order valence-electron chi connectivity index (χ1n) is 14.4. The van der Waals surface area contributed by atoms with E-state index in [1.54, 1.807) is 18.1 Å². The number of amidine groups is 1. The number of likely N-dealkylation sites (N-methyl/N-ethyl adjacent to an activating group) is 1. The van der Waals surface area contributed by atoms with Crippen molar-refractivity contribution in [1.29, 1.82) is 0 Å². The lowest BCUT2D eigenvalue weighted by molar-refractivity contribution is -0.136. The van der Waals surface area contributed by atoms with E-state index in [2.05, 4.69) is 20.5 Å². The summed E-state index contributed by atoms with van der Waals surface area (Å²) in [5.74, 6) is -0.680. The molecule has 2 aromatic carbocycles. The highest BCUT2D eigenvalue weighted by atomic mass is 35.5. The molecule has 3 aliphatic heterocycles. The maximum absolute atomic E-state index is 14.0. The third kappa shape index (κ3) is 6.28. The molecule has 0 saturated carbocycles. The number of halogens is 2. The number of esters is 1. The molecule has 0 spiro atoms. The molecule has 0 radical (unpaired) electrons. The number of hydrogen-bond donors (Lipinski definition) is 2. The number of hydrogen-bond acceptors (Lipinski definition) is 9. The van der Waals surface area contributed by atoms with Crippen LogP contribution in [-0.2, 0) is 20.7 Å². The van der Waals surface area contributed by atoms with Gasteiger partial charge in [-0.25, -0.2) is 19.0 Å². The van der Waals surface area contributed by atoms with E-state index in [4.69, 9.17) is 21.3 Å². The minimum absolute atomic E-state index is 0.0619. The topological polar surface area (TPSA) is 119 Å². The molecule has 3 aromatic rings. The van der Waals surface area contributed by atoms with E-state index in [1.807, 2.05) is 34.5 Å². The van der Waals surface area contributed by atoms with Crippen molar-refractivity contribution < 1.29 is 23.5 Å². The van der Waals surface area contributed by atoms with Crippen molar-refractivity contribution in [2.24, 2.45) is 4.99 Å². The third-order valence-electron chi connectivity index (χ3n) is 8.13. The van der Waals surface area contributed by atoms with Crippen molar-refractivity contribution in [3.63, 3.8) is 0 Å². The van der Waals surface area contributed by atoms with Gasteiger partial charge >= 0.3 is 12.0 Å². The average Bonchev–Trinajstić information content (AvgIpc) is 3.69. The van der Waals surface area contributed by atoms with Crippen molar-refractivity contribution in [2.45, 2.75) is 18.5 Å². The SMILES string of the molecule is CNC(=O)Cc1ccc(N2C[C@@H]3CN(CC4=C(C(=O)OC)C(c5ccc(F)cc5Cl)N=C(c5nccs5)N4)CCN3C2=O)cc1. The first kappa shape index (κ1) is 30.7. The van der Waals surface area contributed by atoms with Crippen LogP contribution >= 0.6 is 22.9 Å². The lowest BCUT2D eigenvalue weighted by Gasteiger charge is -2.38. The summed E-state index contributed by atoms with van der Waals surface area (Å²) in [6.07, 6.45) is 1.94. The number of carbonyl (C=O) groups excluding carboxylic acids is 3. The summed E-state index contributed by atoms with van der Waals surface area (Å²) in [6, 6.07) is 10.5. The molecule has 6 rings (SSSR count). The molecule has 45 heavy (non-hydrogen) atoms. The summed E-state index contributed by atoms with van der Waals surface area (Å²) >= 11 is 7.87. The van der Waals surface area contributed by atoms with E-state index in [-0.39, 0.29) is 35.0 Å². The lowest BCUT2D eigenvalue weighted by atomic mass is 9.95. The molecule has 2 atom stereocenters. The molecular formula is C31H31ClFN7O4S. The molecule has 14 heteroatoms. The molecule has 3 aliphatic rings. The third-order valence-corrected chi connectivity index (χ3v) is 9.24. The zero-order valence-corrected chi connectivity index (χ0v) is 26.2. The summed E-state index contributed by atoms with van der Waals surface area (Å²) in [5.41, 5.74) is 2.96. The van der Waals surface area contributed by atoms with Crippen LogP contribution in [0, 0.1) is 5.82 Å². The number of benzene rings is 2. The van der Waals surface area contributed by atoms with Gasteiger partial charge in [-0.3, -0.25) is 19.6 Å². The molecule has 0 bridgehead atoms. The summed E-state index contributed by atoms with van der Waals surface area (Å²) < 4.78 is 19.2. The number of methoxy groups -OCH3 is 1. The number of nitrogens with zero attached hydrogens (tertiary/aromatic N) is 5. The van der Waals surface area contributed by atoms with Gasteiger partial charge in [-0.2, -0.15) is 0 Å². The van der Waals surface area contributed by atoms with Gasteiger partial charge in [-0.05, 0) is 29.8 Å². The van der Waals surface area contributed by atoms with Crippen LogP contribution in [0.5, 0.6) is 0 Å². The van der Waals surface area contributed by atoms with Gasteiger partial charge in [0.25, 0.3) is 0 Å². The van der Waals surface area contributed by atoms with Crippen LogP contribution in [0.25, 0.3) is 0 Å². The van der Waals surface area contributed by atoms with Crippen LogP contribution in [0.2, 0.25) is 5.02 Å².